The van der Waals surface area contributed by atoms with E-state index in [-0.39, 0.29) is 0 Å². The summed E-state index contributed by atoms with van der Waals surface area (Å²) >= 11 is 6.08. The molecule has 0 spiro atoms. The van der Waals surface area contributed by atoms with Crippen LogP contribution in [0.15, 0.2) is 48.5 Å². The number of aliphatic hydroxyl groups is 1. The largest absolute Gasteiger partial charge is 0.387 e. The first-order valence-electron chi connectivity index (χ1n) is 7.31. The van der Waals surface area contributed by atoms with Crippen molar-refractivity contribution in [2.45, 2.75) is 26.4 Å². The first-order chi connectivity index (χ1) is 10.1. The van der Waals surface area contributed by atoms with Crippen LogP contribution in [-0.4, -0.2) is 11.7 Å². The monoisotopic (exact) mass is 303 g/mol. The second kappa shape index (κ2) is 7.48. The minimum atomic E-state index is -0.547. The Morgan fingerprint density at radius 2 is 1.71 bits per heavy atom. The third-order valence-corrected chi connectivity index (χ3v) is 3.70. The van der Waals surface area contributed by atoms with E-state index in [4.69, 9.17) is 11.6 Å². The first kappa shape index (κ1) is 15.9. The molecule has 0 saturated heterocycles. The quantitative estimate of drug-likeness (QED) is 0.812. The molecule has 0 saturated carbocycles. The molecule has 0 aliphatic carbocycles. The number of para-hydroxylation sites is 1. The Morgan fingerprint density at radius 1 is 1.05 bits per heavy atom. The fourth-order valence-corrected chi connectivity index (χ4v) is 2.48. The zero-order valence-corrected chi connectivity index (χ0v) is 13.3. The van der Waals surface area contributed by atoms with Crippen molar-refractivity contribution >= 4 is 17.3 Å². The molecule has 1 unspecified atom stereocenters. The van der Waals surface area contributed by atoms with Gasteiger partial charge in [-0.05, 0) is 35.6 Å². The molecule has 0 aromatic heterocycles. The average Bonchev–Trinajstić information content (AvgIpc) is 2.46. The first-order valence-corrected chi connectivity index (χ1v) is 7.69. The van der Waals surface area contributed by atoms with Gasteiger partial charge in [-0.3, -0.25) is 0 Å². The number of halogens is 1. The van der Waals surface area contributed by atoms with E-state index in [1.165, 1.54) is 5.56 Å². The molecule has 0 heterocycles. The normalized spacial score (nSPS) is 12.4. The molecule has 0 aliphatic rings. The summed E-state index contributed by atoms with van der Waals surface area (Å²) in [6.07, 6.45) is 0.517. The van der Waals surface area contributed by atoms with E-state index in [0.29, 0.717) is 17.5 Å². The van der Waals surface area contributed by atoms with Gasteiger partial charge in [-0.2, -0.15) is 0 Å². The van der Waals surface area contributed by atoms with Gasteiger partial charge in [0.05, 0.1) is 16.8 Å². The molecule has 0 amide bonds. The second-order valence-corrected chi connectivity index (χ2v) is 6.12. The number of aliphatic hydroxyl groups excluding tert-OH is 1. The lowest BCUT2D eigenvalue weighted by Crippen LogP contribution is -2.12. The Kier molecular flexibility index (Phi) is 5.66. The van der Waals surface area contributed by atoms with Crippen molar-refractivity contribution in [3.8, 4) is 0 Å². The van der Waals surface area contributed by atoms with E-state index >= 15 is 0 Å². The Hall–Kier alpha value is -1.51. The van der Waals surface area contributed by atoms with Crippen molar-refractivity contribution in [1.29, 1.82) is 0 Å². The SMILES string of the molecule is CC(C)Cc1ccc(C(O)CNc2ccccc2Cl)cc1. The van der Waals surface area contributed by atoms with Crippen LogP contribution in [0, 0.1) is 5.92 Å². The van der Waals surface area contributed by atoms with E-state index in [1.807, 2.05) is 36.4 Å². The van der Waals surface area contributed by atoms with Gasteiger partial charge in [0, 0.05) is 6.54 Å². The standard InChI is InChI=1S/C18H22ClNO/c1-13(2)11-14-7-9-15(10-8-14)18(21)12-20-17-6-4-3-5-16(17)19/h3-10,13,18,20-21H,11-12H2,1-2H3. The molecule has 0 bridgehead atoms. The minimum Gasteiger partial charge on any atom is -0.387 e. The van der Waals surface area contributed by atoms with Crippen LogP contribution in [0.1, 0.15) is 31.1 Å². The van der Waals surface area contributed by atoms with Gasteiger partial charge in [0.25, 0.3) is 0 Å². The predicted octanol–water partition coefficient (Wildman–Crippen LogP) is 4.68. The molecule has 2 aromatic carbocycles. The molecule has 0 radical (unpaired) electrons. The maximum absolute atomic E-state index is 10.2. The van der Waals surface area contributed by atoms with Crippen LogP contribution in [0.5, 0.6) is 0 Å². The van der Waals surface area contributed by atoms with Crippen LogP contribution in [0.2, 0.25) is 5.02 Å². The van der Waals surface area contributed by atoms with Crippen LogP contribution in [0.3, 0.4) is 0 Å². The summed E-state index contributed by atoms with van der Waals surface area (Å²) < 4.78 is 0. The maximum atomic E-state index is 10.2. The molecular formula is C18H22ClNO. The van der Waals surface area contributed by atoms with Crippen LogP contribution < -0.4 is 5.32 Å². The summed E-state index contributed by atoms with van der Waals surface area (Å²) in [6.45, 7) is 4.85. The van der Waals surface area contributed by atoms with Crippen molar-refractivity contribution in [2.75, 3.05) is 11.9 Å². The summed E-state index contributed by atoms with van der Waals surface area (Å²) in [4.78, 5) is 0. The molecule has 0 aliphatic heterocycles. The van der Waals surface area contributed by atoms with Gasteiger partial charge in [0.2, 0.25) is 0 Å². The highest BCUT2D eigenvalue weighted by Gasteiger charge is 2.08. The Bertz CT molecular complexity index is 566. The fourth-order valence-electron chi connectivity index (χ4n) is 2.28. The van der Waals surface area contributed by atoms with E-state index < -0.39 is 6.10 Å². The van der Waals surface area contributed by atoms with E-state index in [2.05, 4.69) is 31.3 Å². The van der Waals surface area contributed by atoms with Gasteiger partial charge >= 0.3 is 0 Å². The van der Waals surface area contributed by atoms with Gasteiger partial charge < -0.3 is 10.4 Å². The van der Waals surface area contributed by atoms with Gasteiger partial charge in [-0.25, -0.2) is 0 Å². The summed E-state index contributed by atoms with van der Waals surface area (Å²) in [6, 6.07) is 15.7. The van der Waals surface area contributed by atoms with Gasteiger partial charge in [-0.1, -0.05) is 61.8 Å². The van der Waals surface area contributed by atoms with Crippen molar-refractivity contribution < 1.29 is 5.11 Å². The molecule has 2 nitrogen and oxygen atoms in total. The topological polar surface area (TPSA) is 32.3 Å². The van der Waals surface area contributed by atoms with Crippen LogP contribution in [-0.2, 0) is 6.42 Å². The minimum absolute atomic E-state index is 0.438. The number of rotatable bonds is 6. The highest BCUT2D eigenvalue weighted by atomic mass is 35.5. The summed E-state index contributed by atoms with van der Waals surface area (Å²) in [5.41, 5.74) is 3.07. The Balaban J connectivity index is 1.94. The summed E-state index contributed by atoms with van der Waals surface area (Å²) in [7, 11) is 0. The van der Waals surface area contributed by atoms with E-state index in [1.54, 1.807) is 0 Å². The highest BCUT2D eigenvalue weighted by Crippen LogP contribution is 2.22. The molecule has 2 N–H and O–H groups in total. The van der Waals surface area contributed by atoms with Gasteiger partial charge in [-0.15, -0.1) is 0 Å². The molecular weight excluding hydrogens is 282 g/mol. The molecule has 0 fully saturated rings. The Morgan fingerprint density at radius 3 is 2.33 bits per heavy atom. The van der Waals surface area contributed by atoms with Crippen LogP contribution >= 0.6 is 11.6 Å². The number of nitrogens with one attached hydrogen (secondary N) is 1. The van der Waals surface area contributed by atoms with E-state index in [0.717, 1.165) is 17.7 Å². The van der Waals surface area contributed by atoms with Crippen molar-refractivity contribution in [3.05, 3.63) is 64.7 Å². The smallest absolute Gasteiger partial charge is 0.0962 e. The molecule has 1 atom stereocenters. The molecule has 3 heteroatoms. The van der Waals surface area contributed by atoms with Crippen molar-refractivity contribution in [2.24, 2.45) is 5.92 Å². The van der Waals surface area contributed by atoms with Gasteiger partial charge in [0.1, 0.15) is 0 Å². The fraction of sp³-hybridized carbons (Fsp3) is 0.333. The van der Waals surface area contributed by atoms with E-state index in [9.17, 15) is 5.11 Å². The number of hydrogen-bond donors (Lipinski definition) is 2. The lowest BCUT2D eigenvalue weighted by molar-refractivity contribution is 0.191. The molecule has 21 heavy (non-hydrogen) atoms. The molecule has 2 aromatic rings. The third-order valence-electron chi connectivity index (χ3n) is 3.37. The maximum Gasteiger partial charge on any atom is 0.0962 e. The zero-order valence-electron chi connectivity index (χ0n) is 12.5. The summed E-state index contributed by atoms with van der Waals surface area (Å²) in [5.74, 6) is 0.641. The second-order valence-electron chi connectivity index (χ2n) is 5.72. The number of anilines is 1. The third kappa shape index (κ3) is 4.76. The Labute approximate surface area is 131 Å². The van der Waals surface area contributed by atoms with Crippen LogP contribution in [0.25, 0.3) is 0 Å². The van der Waals surface area contributed by atoms with Crippen LogP contribution in [0.4, 0.5) is 5.69 Å². The lowest BCUT2D eigenvalue weighted by atomic mass is 10.0. The van der Waals surface area contributed by atoms with Gasteiger partial charge in [0.15, 0.2) is 0 Å². The number of hydrogen-bond acceptors (Lipinski definition) is 2. The molecule has 112 valence electrons. The zero-order chi connectivity index (χ0) is 15.2. The summed E-state index contributed by atoms with van der Waals surface area (Å²) in [5, 5.41) is 14.1. The number of benzene rings is 2. The van der Waals surface area contributed by atoms with Crippen molar-refractivity contribution in [1.82, 2.24) is 0 Å². The predicted molar refractivity (Wildman–Crippen MR) is 89.9 cm³/mol. The average molecular weight is 304 g/mol. The lowest BCUT2D eigenvalue weighted by Gasteiger charge is -2.15. The van der Waals surface area contributed by atoms with Crippen molar-refractivity contribution in [3.63, 3.8) is 0 Å². The molecule has 2 rings (SSSR count). The highest BCUT2D eigenvalue weighted by molar-refractivity contribution is 6.33.